The SMILES string of the molecule is CO[C@H]1O[C@H](c2cc3ccccc3o/c2=N/S(=O)(=O)c2ccc(C)cc2)[C@H]2OC(C)(C)O[C@@H]12. The minimum absolute atomic E-state index is 0.0666. The molecule has 9 heteroatoms. The normalized spacial score (nSPS) is 27.2. The second kappa shape index (κ2) is 8.03. The van der Waals surface area contributed by atoms with Gasteiger partial charge in [0.15, 0.2) is 12.1 Å². The number of rotatable bonds is 4. The van der Waals surface area contributed by atoms with Crippen LogP contribution in [0.25, 0.3) is 11.0 Å². The maximum absolute atomic E-state index is 13.1. The minimum atomic E-state index is -4.04. The van der Waals surface area contributed by atoms with Gasteiger partial charge in [-0.05, 0) is 45.0 Å². The molecule has 2 saturated heterocycles. The van der Waals surface area contributed by atoms with E-state index in [1.807, 2.05) is 45.0 Å². The molecule has 1 aromatic heterocycles. The van der Waals surface area contributed by atoms with E-state index < -0.39 is 40.4 Å². The standard InChI is InChI=1S/C24H25NO7S/c1-14-9-11-16(12-10-14)33(26,27)25-22-17(13-15-7-5-6-8-18(15)29-22)19-20-21(23(28-4)30-19)32-24(2,3)31-20/h5-13,19-21,23H,1-4H3/b25-22+/t19-,20-,21-,23+/m1/s1. The van der Waals surface area contributed by atoms with Crippen LogP contribution in [0.5, 0.6) is 0 Å². The van der Waals surface area contributed by atoms with Crippen LogP contribution in [-0.4, -0.2) is 39.8 Å². The van der Waals surface area contributed by atoms with Gasteiger partial charge in [0.2, 0.25) is 5.55 Å². The van der Waals surface area contributed by atoms with Crippen molar-refractivity contribution in [2.75, 3.05) is 7.11 Å². The maximum Gasteiger partial charge on any atom is 0.285 e. The summed E-state index contributed by atoms with van der Waals surface area (Å²) in [6.07, 6.45) is -2.41. The summed E-state index contributed by atoms with van der Waals surface area (Å²) < 4.78 is 60.0. The lowest BCUT2D eigenvalue weighted by molar-refractivity contribution is -0.228. The number of hydrogen-bond donors (Lipinski definition) is 0. The molecule has 2 aliphatic heterocycles. The van der Waals surface area contributed by atoms with E-state index in [-0.39, 0.29) is 10.4 Å². The topological polar surface area (TPSA) is 96.6 Å². The molecule has 0 amide bonds. The van der Waals surface area contributed by atoms with Crippen molar-refractivity contribution >= 4 is 21.0 Å². The molecule has 0 bridgehead atoms. The summed E-state index contributed by atoms with van der Waals surface area (Å²) in [5.74, 6) is -0.840. The molecular weight excluding hydrogens is 446 g/mol. The molecule has 0 N–H and O–H groups in total. The first-order valence-corrected chi connectivity index (χ1v) is 12.1. The summed E-state index contributed by atoms with van der Waals surface area (Å²) in [6, 6.07) is 15.6. The summed E-state index contributed by atoms with van der Waals surface area (Å²) in [5.41, 5.74) is 1.83. The molecule has 0 spiro atoms. The van der Waals surface area contributed by atoms with Gasteiger partial charge in [-0.15, -0.1) is 4.40 Å². The van der Waals surface area contributed by atoms with Crippen molar-refractivity contribution in [3.8, 4) is 0 Å². The lowest BCUT2D eigenvalue weighted by Crippen LogP contribution is -2.30. The van der Waals surface area contributed by atoms with Gasteiger partial charge in [0.25, 0.3) is 10.0 Å². The Morgan fingerprint density at radius 3 is 2.42 bits per heavy atom. The number of methoxy groups -OCH3 is 1. The maximum atomic E-state index is 13.1. The van der Waals surface area contributed by atoms with Gasteiger partial charge < -0.3 is 23.4 Å². The van der Waals surface area contributed by atoms with Crippen LogP contribution in [0.4, 0.5) is 0 Å². The fourth-order valence-corrected chi connectivity index (χ4v) is 5.18. The third-order valence-electron chi connectivity index (χ3n) is 5.76. The molecule has 0 aliphatic carbocycles. The molecule has 5 rings (SSSR count). The zero-order valence-corrected chi connectivity index (χ0v) is 19.5. The molecule has 0 saturated carbocycles. The first-order valence-electron chi connectivity index (χ1n) is 10.6. The fourth-order valence-electron chi connectivity index (χ4n) is 4.23. The number of hydrogen-bond acceptors (Lipinski definition) is 7. The van der Waals surface area contributed by atoms with Crippen molar-refractivity contribution in [2.45, 2.75) is 56.1 Å². The summed E-state index contributed by atoms with van der Waals surface area (Å²) in [7, 11) is -2.52. The highest BCUT2D eigenvalue weighted by atomic mass is 32.2. The smallest absolute Gasteiger partial charge is 0.285 e. The zero-order chi connectivity index (χ0) is 23.4. The Kier molecular flexibility index (Phi) is 5.42. The average Bonchev–Trinajstić information content (AvgIpc) is 3.26. The molecule has 174 valence electrons. The van der Waals surface area contributed by atoms with Crippen LogP contribution < -0.4 is 5.55 Å². The van der Waals surface area contributed by atoms with E-state index in [0.717, 1.165) is 10.9 Å². The highest BCUT2D eigenvalue weighted by molar-refractivity contribution is 7.90. The van der Waals surface area contributed by atoms with Gasteiger partial charge in [-0.1, -0.05) is 35.9 Å². The van der Waals surface area contributed by atoms with Gasteiger partial charge in [0, 0.05) is 18.1 Å². The van der Waals surface area contributed by atoms with E-state index in [1.165, 1.54) is 19.2 Å². The Hall–Kier alpha value is -2.56. The van der Waals surface area contributed by atoms with Gasteiger partial charge in [0.1, 0.15) is 23.9 Å². The van der Waals surface area contributed by atoms with Crippen LogP contribution in [0.15, 0.2) is 68.3 Å². The number of nitrogens with zero attached hydrogens (tertiary/aromatic N) is 1. The molecule has 3 aromatic rings. The van der Waals surface area contributed by atoms with Gasteiger partial charge >= 0.3 is 0 Å². The highest BCUT2D eigenvalue weighted by Gasteiger charge is 2.56. The molecule has 33 heavy (non-hydrogen) atoms. The highest BCUT2D eigenvalue weighted by Crippen LogP contribution is 2.45. The van der Waals surface area contributed by atoms with E-state index >= 15 is 0 Å². The second-order valence-corrected chi connectivity index (χ2v) is 10.3. The molecule has 0 radical (unpaired) electrons. The molecule has 2 fully saturated rings. The van der Waals surface area contributed by atoms with Crippen LogP contribution in [0.1, 0.15) is 31.1 Å². The van der Waals surface area contributed by atoms with Crippen molar-refractivity contribution in [1.29, 1.82) is 0 Å². The number of para-hydroxylation sites is 1. The van der Waals surface area contributed by atoms with Gasteiger partial charge in [-0.2, -0.15) is 8.42 Å². The van der Waals surface area contributed by atoms with Crippen molar-refractivity contribution in [2.24, 2.45) is 4.40 Å². The van der Waals surface area contributed by atoms with Gasteiger partial charge in [-0.25, -0.2) is 0 Å². The lowest BCUT2D eigenvalue weighted by Gasteiger charge is -2.23. The predicted molar refractivity (Wildman–Crippen MR) is 119 cm³/mol. The van der Waals surface area contributed by atoms with Crippen LogP contribution >= 0.6 is 0 Å². The third-order valence-corrected chi connectivity index (χ3v) is 7.03. The average molecular weight is 472 g/mol. The van der Waals surface area contributed by atoms with Crippen LogP contribution in [-0.2, 0) is 29.0 Å². The van der Waals surface area contributed by atoms with E-state index in [0.29, 0.717) is 11.1 Å². The minimum Gasteiger partial charge on any atom is -0.437 e. The first kappa shape index (κ1) is 22.2. The molecule has 3 heterocycles. The first-order chi connectivity index (χ1) is 15.7. The van der Waals surface area contributed by atoms with E-state index in [9.17, 15) is 8.42 Å². The van der Waals surface area contributed by atoms with Gasteiger partial charge in [-0.3, -0.25) is 0 Å². The number of sulfonamides is 1. The van der Waals surface area contributed by atoms with Crippen LogP contribution in [0.2, 0.25) is 0 Å². The Morgan fingerprint density at radius 2 is 1.70 bits per heavy atom. The Labute approximate surface area is 191 Å². The molecule has 4 atom stereocenters. The lowest BCUT2D eigenvalue weighted by atomic mass is 10.0. The van der Waals surface area contributed by atoms with E-state index in [1.54, 1.807) is 18.2 Å². The number of benzene rings is 2. The fraction of sp³-hybridized carbons (Fsp3) is 0.375. The molecule has 8 nitrogen and oxygen atoms in total. The Morgan fingerprint density at radius 1 is 1.00 bits per heavy atom. The van der Waals surface area contributed by atoms with Crippen molar-refractivity contribution in [3.63, 3.8) is 0 Å². The van der Waals surface area contributed by atoms with E-state index in [4.69, 9.17) is 23.4 Å². The summed E-state index contributed by atoms with van der Waals surface area (Å²) in [6.45, 7) is 5.51. The Balaban J connectivity index is 1.68. The predicted octanol–water partition coefficient (Wildman–Crippen LogP) is 3.59. The monoisotopic (exact) mass is 471 g/mol. The van der Waals surface area contributed by atoms with Crippen LogP contribution in [0, 0.1) is 6.92 Å². The Bertz CT molecular complexity index is 1360. The number of aryl methyl sites for hydroxylation is 1. The summed E-state index contributed by atoms with van der Waals surface area (Å²) in [5, 5.41) is 0.776. The largest absolute Gasteiger partial charge is 0.437 e. The van der Waals surface area contributed by atoms with Crippen LogP contribution in [0.3, 0.4) is 0 Å². The van der Waals surface area contributed by atoms with Crippen molar-refractivity contribution in [3.05, 3.63) is 71.3 Å². The molecule has 2 aromatic carbocycles. The van der Waals surface area contributed by atoms with Crippen molar-refractivity contribution in [1.82, 2.24) is 0 Å². The number of fused-ring (bicyclic) bond motifs is 2. The molecular formula is C24H25NO7S. The quantitative estimate of drug-likeness (QED) is 0.574. The second-order valence-electron chi connectivity index (χ2n) is 8.65. The molecule has 2 aliphatic rings. The summed E-state index contributed by atoms with van der Waals surface area (Å²) >= 11 is 0. The van der Waals surface area contributed by atoms with Gasteiger partial charge in [0.05, 0.1) is 4.90 Å². The third kappa shape index (κ3) is 4.11. The number of ether oxygens (including phenoxy) is 4. The summed E-state index contributed by atoms with van der Waals surface area (Å²) in [4.78, 5) is 0.0731. The zero-order valence-electron chi connectivity index (χ0n) is 18.7. The van der Waals surface area contributed by atoms with E-state index in [2.05, 4.69) is 4.40 Å². The molecule has 0 unspecified atom stereocenters. The van der Waals surface area contributed by atoms with Crippen molar-refractivity contribution < 1.29 is 31.8 Å².